The number of carbonyl (C=O) groups is 1. The van der Waals surface area contributed by atoms with Crippen LogP contribution in [0.1, 0.15) is 59.1 Å². The van der Waals surface area contributed by atoms with Crippen LogP contribution in [-0.2, 0) is 16.8 Å². The van der Waals surface area contributed by atoms with Gasteiger partial charge in [-0.05, 0) is 26.8 Å². The molecule has 0 atom stereocenters. The third kappa shape index (κ3) is 5.33. The molecule has 20 heavy (non-hydrogen) atoms. The summed E-state index contributed by atoms with van der Waals surface area (Å²) >= 11 is 0. The number of hydrogen-bond acceptors (Lipinski definition) is 4. The lowest BCUT2D eigenvalue weighted by atomic mass is 9.94. The van der Waals surface area contributed by atoms with Crippen molar-refractivity contribution in [2.45, 2.75) is 65.5 Å². The van der Waals surface area contributed by atoms with Crippen molar-refractivity contribution in [3.63, 3.8) is 0 Å². The van der Waals surface area contributed by atoms with E-state index in [1.54, 1.807) is 6.20 Å². The number of rotatable bonds is 7. The fraction of sp³-hybridized carbons (Fsp3) is 0.733. The number of carboxylic acids is 1. The van der Waals surface area contributed by atoms with Crippen molar-refractivity contribution in [1.82, 2.24) is 9.88 Å². The quantitative estimate of drug-likeness (QED) is 0.832. The molecule has 0 spiro atoms. The summed E-state index contributed by atoms with van der Waals surface area (Å²) in [6.07, 6.45) is 2.62. The molecule has 0 aliphatic rings. The van der Waals surface area contributed by atoms with E-state index in [0.717, 1.165) is 12.3 Å². The minimum Gasteiger partial charge on any atom is -0.481 e. The zero-order valence-corrected chi connectivity index (χ0v) is 13.1. The van der Waals surface area contributed by atoms with Gasteiger partial charge in [-0.1, -0.05) is 20.8 Å². The zero-order valence-electron chi connectivity index (χ0n) is 13.1. The van der Waals surface area contributed by atoms with E-state index < -0.39 is 5.97 Å². The second-order valence-electron chi connectivity index (χ2n) is 6.43. The van der Waals surface area contributed by atoms with Gasteiger partial charge < -0.3 is 9.52 Å². The van der Waals surface area contributed by atoms with Crippen LogP contribution in [0.4, 0.5) is 0 Å². The first-order valence-corrected chi connectivity index (χ1v) is 7.11. The molecule has 0 aliphatic carbocycles. The Hall–Kier alpha value is -1.36. The highest BCUT2D eigenvalue weighted by Gasteiger charge is 2.20. The van der Waals surface area contributed by atoms with Crippen molar-refractivity contribution in [2.75, 3.05) is 6.54 Å². The van der Waals surface area contributed by atoms with E-state index in [-0.39, 0.29) is 11.8 Å². The lowest BCUT2D eigenvalue weighted by Gasteiger charge is -2.24. The minimum atomic E-state index is -0.750. The molecule has 1 N–H and O–H groups in total. The molecule has 0 bridgehead atoms. The maximum Gasteiger partial charge on any atom is 0.303 e. The highest BCUT2D eigenvalue weighted by molar-refractivity contribution is 5.66. The molecule has 0 saturated carbocycles. The fourth-order valence-corrected chi connectivity index (χ4v) is 1.86. The standard InChI is InChI=1S/C15H26N2O3/c1-11(2)17(8-6-7-14(18)19)10-13-16-9-12(20-13)15(3,4)5/h9,11H,6-8,10H2,1-5H3,(H,18,19). The molecule has 0 unspecified atom stereocenters. The molecule has 5 nitrogen and oxygen atoms in total. The summed E-state index contributed by atoms with van der Waals surface area (Å²) in [5.41, 5.74) is -0.0444. The van der Waals surface area contributed by atoms with Gasteiger partial charge in [-0.25, -0.2) is 4.98 Å². The number of carboxylic acid groups (broad SMARTS) is 1. The fourth-order valence-electron chi connectivity index (χ4n) is 1.86. The lowest BCUT2D eigenvalue weighted by Crippen LogP contribution is -2.31. The maximum atomic E-state index is 10.6. The third-order valence-corrected chi connectivity index (χ3v) is 3.20. The Morgan fingerprint density at radius 2 is 2.10 bits per heavy atom. The van der Waals surface area contributed by atoms with Gasteiger partial charge in [0.1, 0.15) is 5.76 Å². The van der Waals surface area contributed by atoms with Crippen molar-refractivity contribution >= 4 is 5.97 Å². The van der Waals surface area contributed by atoms with Gasteiger partial charge in [-0.2, -0.15) is 0 Å². The van der Waals surface area contributed by atoms with Gasteiger partial charge in [-0.3, -0.25) is 9.69 Å². The molecule has 1 aromatic rings. The average Bonchev–Trinajstić information content (AvgIpc) is 2.75. The van der Waals surface area contributed by atoms with Crippen molar-refractivity contribution in [1.29, 1.82) is 0 Å². The first-order valence-electron chi connectivity index (χ1n) is 7.11. The maximum absolute atomic E-state index is 10.6. The van der Waals surface area contributed by atoms with Gasteiger partial charge in [0.2, 0.25) is 5.89 Å². The molecule has 1 rings (SSSR count). The smallest absolute Gasteiger partial charge is 0.303 e. The van der Waals surface area contributed by atoms with Crippen molar-refractivity contribution in [3.8, 4) is 0 Å². The first-order chi connectivity index (χ1) is 9.20. The third-order valence-electron chi connectivity index (χ3n) is 3.20. The molecule has 0 saturated heterocycles. The number of aromatic nitrogens is 1. The van der Waals surface area contributed by atoms with Crippen LogP contribution in [0.15, 0.2) is 10.6 Å². The van der Waals surface area contributed by atoms with Gasteiger partial charge in [0.15, 0.2) is 0 Å². The molecule has 114 valence electrons. The number of nitrogens with zero attached hydrogens (tertiary/aromatic N) is 2. The normalized spacial score (nSPS) is 12.3. The van der Waals surface area contributed by atoms with E-state index in [2.05, 4.69) is 44.5 Å². The van der Waals surface area contributed by atoms with Crippen molar-refractivity contribution < 1.29 is 14.3 Å². The van der Waals surface area contributed by atoms with Crippen LogP contribution in [0.5, 0.6) is 0 Å². The van der Waals surface area contributed by atoms with Crippen LogP contribution in [0.25, 0.3) is 0 Å². The predicted octanol–water partition coefficient (Wildman–Crippen LogP) is 3.05. The minimum absolute atomic E-state index is 0.0444. The monoisotopic (exact) mass is 282 g/mol. The summed E-state index contributed by atoms with van der Waals surface area (Å²) in [4.78, 5) is 17.1. The molecular formula is C15H26N2O3. The lowest BCUT2D eigenvalue weighted by molar-refractivity contribution is -0.137. The van der Waals surface area contributed by atoms with Crippen molar-refractivity contribution in [2.24, 2.45) is 0 Å². The molecule has 0 amide bonds. The topological polar surface area (TPSA) is 66.6 Å². The largest absolute Gasteiger partial charge is 0.481 e. The molecule has 0 radical (unpaired) electrons. The molecule has 0 fully saturated rings. The van der Waals surface area contributed by atoms with Crippen LogP contribution in [0.2, 0.25) is 0 Å². The highest BCUT2D eigenvalue weighted by Crippen LogP contribution is 2.23. The Kier molecular flexibility index (Phi) is 5.74. The van der Waals surface area contributed by atoms with E-state index >= 15 is 0 Å². The summed E-state index contributed by atoms with van der Waals surface area (Å²) in [6, 6.07) is 0.328. The van der Waals surface area contributed by atoms with Gasteiger partial charge in [0.25, 0.3) is 0 Å². The summed E-state index contributed by atoms with van der Waals surface area (Å²) in [7, 11) is 0. The van der Waals surface area contributed by atoms with Crippen LogP contribution in [0, 0.1) is 0 Å². The predicted molar refractivity (Wildman–Crippen MR) is 77.6 cm³/mol. The van der Waals surface area contributed by atoms with Crippen LogP contribution >= 0.6 is 0 Å². The SMILES string of the molecule is CC(C)N(CCCC(=O)O)Cc1ncc(C(C)(C)C)o1. The number of oxazole rings is 1. The number of hydrogen-bond donors (Lipinski definition) is 1. The Balaban J connectivity index is 2.61. The second kappa shape index (κ2) is 6.88. The van der Waals surface area contributed by atoms with Crippen LogP contribution in [-0.4, -0.2) is 33.5 Å². The molecular weight excluding hydrogens is 256 g/mol. The Labute approximate surface area is 121 Å². The molecule has 1 heterocycles. The first kappa shape index (κ1) is 16.7. The number of aliphatic carboxylic acids is 1. The summed E-state index contributed by atoms with van der Waals surface area (Å²) in [6.45, 7) is 11.8. The summed E-state index contributed by atoms with van der Waals surface area (Å²) < 4.78 is 5.79. The van der Waals surface area contributed by atoms with E-state index in [9.17, 15) is 4.79 Å². The van der Waals surface area contributed by atoms with Crippen LogP contribution < -0.4 is 0 Å². The molecule has 0 aromatic carbocycles. The summed E-state index contributed by atoms with van der Waals surface area (Å²) in [5, 5.41) is 8.70. The van der Waals surface area contributed by atoms with E-state index in [0.29, 0.717) is 24.9 Å². The second-order valence-corrected chi connectivity index (χ2v) is 6.43. The Morgan fingerprint density at radius 1 is 1.45 bits per heavy atom. The van der Waals surface area contributed by atoms with E-state index in [4.69, 9.17) is 9.52 Å². The highest BCUT2D eigenvalue weighted by atomic mass is 16.4. The van der Waals surface area contributed by atoms with Crippen molar-refractivity contribution in [3.05, 3.63) is 17.8 Å². The molecule has 1 aromatic heterocycles. The van der Waals surface area contributed by atoms with Gasteiger partial charge in [0, 0.05) is 17.9 Å². The van der Waals surface area contributed by atoms with Gasteiger partial charge >= 0.3 is 5.97 Å². The zero-order chi connectivity index (χ0) is 15.3. The Bertz CT molecular complexity index is 433. The Morgan fingerprint density at radius 3 is 2.55 bits per heavy atom. The van der Waals surface area contributed by atoms with E-state index in [1.807, 2.05) is 0 Å². The molecule has 5 heteroatoms. The van der Waals surface area contributed by atoms with Crippen LogP contribution in [0.3, 0.4) is 0 Å². The van der Waals surface area contributed by atoms with E-state index in [1.165, 1.54) is 0 Å². The van der Waals surface area contributed by atoms with Gasteiger partial charge in [-0.15, -0.1) is 0 Å². The summed E-state index contributed by atoms with van der Waals surface area (Å²) in [5.74, 6) is 0.820. The average molecular weight is 282 g/mol. The van der Waals surface area contributed by atoms with Gasteiger partial charge in [0.05, 0.1) is 12.7 Å². The molecule has 0 aliphatic heterocycles.